The van der Waals surface area contributed by atoms with Crippen LogP contribution in [0.5, 0.6) is 0 Å². The largest absolute Gasteiger partial charge is 0.469 e. The molecule has 1 atom stereocenters. The van der Waals surface area contributed by atoms with Crippen LogP contribution in [0.2, 0.25) is 0 Å². The van der Waals surface area contributed by atoms with Gasteiger partial charge in [0.05, 0.1) is 11.8 Å². The van der Waals surface area contributed by atoms with Gasteiger partial charge in [0.25, 0.3) is 5.91 Å². The average molecular weight is 336 g/mol. The van der Waals surface area contributed by atoms with Crippen LogP contribution in [-0.4, -0.2) is 21.9 Å². The molecular weight excluding hydrogens is 316 g/mol. The molecule has 0 saturated heterocycles. The van der Waals surface area contributed by atoms with E-state index in [1.807, 2.05) is 49.4 Å². The molecule has 2 aromatic heterocycles. The minimum atomic E-state index is -0.182. The van der Waals surface area contributed by atoms with E-state index in [1.165, 1.54) is 12.4 Å². The summed E-state index contributed by atoms with van der Waals surface area (Å²) in [6, 6.07) is 13.5. The number of carbonyl (C=O) groups excluding carboxylic acids is 1. The standard InChI is InChI=1S/C19H20N4O2/c1-14(9-10-17-8-5-11-25-17)22-18(24)15-12-20-19(21-13-15)23-16-6-3-2-4-7-16/h2-8,11-14H,9-10H2,1H3,(H,22,24)(H,20,21,23). The summed E-state index contributed by atoms with van der Waals surface area (Å²) in [7, 11) is 0. The summed E-state index contributed by atoms with van der Waals surface area (Å²) in [4.78, 5) is 20.6. The maximum atomic E-state index is 12.3. The second-order valence-corrected chi connectivity index (χ2v) is 5.78. The zero-order chi connectivity index (χ0) is 17.5. The highest BCUT2D eigenvalue weighted by Gasteiger charge is 2.11. The quantitative estimate of drug-likeness (QED) is 0.689. The zero-order valence-electron chi connectivity index (χ0n) is 14.0. The van der Waals surface area contributed by atoms with E-state index in [4.69, 9.17) is 4.42 Å². The van der Waals surface area contributed by atoms with Crippen molar-refractivity contribution in [1.29, 1.82) is 0 Å². The molecule has 128 valence electrons. The van der Waals surface area contributed by atoms with Crippen LogP contribution in [-0.2, 0) is 6.42 Å². The zero-order valence-corrected chi connectivity index (χ0v) is 14.0. The number of anilines is 2. The molecule has 1 aromatic carbocycles. The molecule has 0 aliphatic rings. The molecule has 6 heteroatoms. The van der Waals surface area contributed by atoms with E-state index in [2.05, 4.69) is 20.6 Å². The molecule has 1 amide bonds. The number of para-hydroxylation sites is 1. The molecule has 0 bridgehead atoms. The Labute approximate surface area is 146 Å². The van der Waals surface area contributed by atoms with Crippen molar-refractivity contribution in [2.24, 2.45) is 0 Å². The Bertz CT molecular complexity index is 786. The molecule has 0 fully saturated rings. The summed E-state index contributed by atoms with van der Waals surface area (Å²) >= 11 is 0. The van der Waals surface area contributed by atoms with Crippen molar-refractivity contribution in [1.82, 2.24) is 15.3 Å². The van der Waals surface area contributed by atoms with Crippen molar-refractivity contribution in [2.45, 2.75) is 25.8 Å². The lowest BCUT2D eigenvalue weighted by Crippen LogP contribution is -2.33. The second-order valence-electron chi connectivity index (χ2n) is 5.78. The minimum absolute atomic E-state index is 0.0275. The molecule has 3 aromatic rings. The molecule has 6 nitrogen and oxygen atoms in total. The number of amides is 1. The first-order valence-electron chi connectivity index (χ1n) is 8.18. The first kappa shape index (κ1) is 16.7. The molecule has 0 aliphatic carbocycles. The predicted octanol–water partition coefficient (Wildman–Crippen LogP) is 3.56. The molecule has 3 rings (SSSR count). The first-order chi connectivity index (χ1) is 12.2. The van der Waals surface area contributed by atoms with Crippen molar-refractivity contribution >= 4 is 17.5 Å². The number of carbonyl (C=O) groups is 1. The fourth-order valence-electron chi connectivity index (χ4n) is 2.35. The highest BCUT2D eigenvalue weighted by Crippen LogP contribution is 2.11. The summed E-state index contributed by atoms with van der Waals surface area (Å²) in [5, 5.41) is 6.03. The maximum Gasteiger partial charge on any atom is 0.254 e. The predicted molar refractivity (Wildman–Crippen MR) is 95.7 cm³/mol. The van der Waals surface area contributed by atoms with E-state index in [0.717, 1.165) is 24.3 Å². The van der Waals surface area contributed by atoms with Gasteiger partial charge in [-0.1, -0.05) is 18.2 Å². The van der Waals surface area contributed by atoms with Gasteiger partial charge in [-0.15, -0.1) is 0 Å². The number of aryl methyl sites for hydroxylation is 1. The fourth-order valence-corrected chi connectivity index (χ4v) is 2.35. The number of aromatic nitrogens is 2. The highest BCUT2D eigenvalue weighted by atomic mass is 16.3. The van der Waals surface area contributed by atoms with Gasteiger partial charge in [0.2, 0.25) is 5.95 Å². The second kappa shape index (κ2) is 8.10. The Morgan fingerprint density at radius 3 is 2.56 bits per heavy atom. The number of hydrogen-bond donors (Lipinski definition) is 2. The Kier molecular flexibility index (Phi) is 5.41. The smallest absolute Gasteiger partial charge is 0.254 e. The number of hydrogen-bond acceptors (Lipinski definition) is 5. The number of nitrogens with one attached hydrogen (secondary N) is 2. The first-order valence-corrected chi connectivity index (χ1v) is 8.18. The van der Waals surface area contributed by atoms with Gasteiger partial charge in [0.15, 0.2) is 0 Å². The molecule has 0 aliphatic heterocycles. The van der Waals surface area contributed by atoms with Crippen LogP contribution in [0.1, 0.15) is 29.5 Å². The maximum absolute atomic E-state index is 12.3. The van der Waals surface area contributed by atoms with E-state index in [-0.39, 0.29) is 11.9 Å². The molecule has 2 heterocycles. The van der Waals surface area contributed by atoms with E-state index < -0.39 is 0 Å². The molecule has 1 unspecified atom stereocenters. The lowest BCUT2D eigenvalue weighted by atomic mass is 10.1. The summed E-state index contributed by atoms with van der Waals surface area (Å²) in [5.41, 5.74) is 1.33. The summed E-state index contributed by atoms with van der Waals surface area (Å²) in [5.74, 6) is 1.19. The SMILES string of the molecule is CC(CCc1ccco1)NC(=O)c1cnc(Nc2ccccc2)nc1. The minimum Gasteiger partial charge on any atom is -0.469 e. The van der Waals surface area contributed by atoms with Gasteiger partial charge in [-0.05, 0) is 37.6 Å². The molecule has 0 saturated carbocycles. The Morgan fingerprint density at radius 1 is 1.12 bits per heavy atom. The molecule has 0 spiro atoms. The number of benzene rings is 1. The Morgan fingerprint density at radius 2 is 1.88 bits per heavy atom. The monoisotopic (exact) mass is 336 g/mol. The van der Waals surface area contributed by atoms with Gasteiger partial charge in [-0.25, -0.2) is 9.97 Å². The average Bonchev–Trinajstić information content (AvgIpc) is 3.15. The molecule has 25 heavy (non-hydrogen) atoms. The number of furan rings is 1. The van der Waals surface area contributed by atoms with Crippen LogP contribution in [0.25, 0.3) is 0 Å². The van der Waals surface area contributed by atoms with Crippen LogP contribution >= 0.6 is 0 Å². The van der Waals surface area contributed by atoms with Gasteiger partial charge in [0, 0.05) is 30.5 Å². The van der Waals surface area contributed by atoms with Crippen LogP contribution in [0.4, 0.5) is 11.6 Å². The third-order valence-electron chi connectivity index (χ3n) is 3.73. The normalized spacial score (nSPS) is 11.7. The van der Waals surface area contributed by atoms with Gasteiger partial charge in [-0.2, -0.15) is 0 Å². The van der Waals surface area contributed by atoms with Crippen molar-refractivity contribution in [3.8, 4) is 0 Å². The van der Waals surface area contributed by atoms with Crippen LogP contribution in [0.15, 0.2) is 65.5 Å². The lowest BCUT2D eigenvalue weighted by Gasteiger charge is -2.13. The lowest BCUT2D eigenvalue weighted by molar-refractivity contribution is 0.0937. The molecular formula is C19H20N4O2. The van der Waals surface area contributed by atoms with Gasteiger partial charge < -0.3 is 15.1 Å². The van der Waals surface area contributed by atoms with Gasteiger partial charge in [-0.3, -0.25) is 4.79 Å². The fraction of sp³-hybridized carbons (Fsp3) is 0.211. The van der Waals surface area contributed by atoms with Gasteiger partial charge in [0.1, 0.15) is 5.76 Å². The van der Waals surface area contributed by atoms with E-state index >= 15 is 0 Å². The van der Waals surface area contributed by atoms with E-state index in [0.29, 0.717) is 11.5 Å². The number of rotatable bonds is 7. The highest BCUT2D eigenvalue weighted by molar-refractivity contribution is 5.93. The van der Waals surface area contributed by atoms with Crippen LogP contribution in [0.3, 0.4) is 0 Å². The van der Waals surface area contributed by atoms with Crippen molar-refractivity contribution in [3.05, 3.63) is 72.4 Å². The third-order valence-corrected chi connectivity index (χ3v) is 3.73. The van der Waals surface area contributed by atoms with E-state index in [1.54, 1.807) is 6.26 Å². The van der Waals surface area contributed by atoms with Crippen LogP contribution in [0, 0.1) is 0 Å². The molecule has 2 N–H and O–H groups in total. The van der Waals surface area contributed by atoms with Gasteiger partial charge >= 0.3 is 0 Å². The Hall–Kier alpha value is -3.15. The number of nitrogens with zero attached hydrogens (tertiary/aromatic N) is 2. The topological polar surface area (TPSA) is 80.0 Å². The van der Waals surface area contributed by atoms with Crippen molar-refractivity contribution in [2.75, 3.05) is 5.32 Å². The summed E-state index contributed by atoms with van der Waals surface area (Å²) in [6.07, 6.45) is 6.28. The van der Waals surface area contributed by atoms with Crippen LogP contribution < -0.4 is 10.6 Å². The summed E-state index contributed by atoms with van der Waals surface area (Å²) < 4.78 is 5.30. The van der Waals surface area contributed by atoms with E-state index in [9.17, 15) is 4.79 Å². The van der Waals surface area contributed by atoms with Crippen molar-refractivity contribution < 1.29 is 9.21 Å². The molecule has 0 radical (unpaired) electrons. The van der Waals surface area contributed by atoms with Crippen molar-refractivity contribution in [3.63, 3.8) is 0 Å². The Balaban J connectivity index is 1.51. The third kappa shape index (κ3) is 4.91. The summed E-state index contributed by atoms with van der Waals surface area (Å²) in [6.45, 7) is 1.97.